The van der Waals surface area contributed by atoms with Crippen LogP contribution >= 0.6 is 0 Å². The number of hydrogen-bond acceptors (Lipinski definition) is 2. The van der Waals surface area contributed by atoms with Crippen LogP contribution in [0.15, 0.2) is 30.3 Å². The lowest BCUT2D eigenvalue weighted by Crippen LogP contribution is -2.34. The maximum atomic E-state index is 11.4. The molecular weight excluding hydrogens is 226 g/mol. The predicted molar refractivity (Wildman–Crippen MR) is 69.2 cm³/mol. The van der Waals surface area contributed by atoms with Gasteiger partial charge < -0.3 is 10.4 Å². The Morgan fingerprint density at radius 2 is 2.00 bits per heavy atom. The molecular formula is C15H19NO2. The summed E-state index contributed by atoms with van der Waals surface area (Å²) in [5, 5.41) is 12.6. The smallest absolute Gasteiger partial charge is 0.325 e. The SMILES string of the molecule is O=C(O)C(NCC1(C2CC2)CC1)c1ccccc1. The average Bonchev–Trinajstić information content (AvgIpc) is 3.24. The fourth-order valence-corrected chi connectivity index (χ4v) is 2.88. The van der Waals surface area contributed by atoms with E-state index in [1.54, 1.807) is 0 Å². The third kappa shape index (κ3) is 2.27. The van der Waals surface area contributed by atoms with Crippen molar-refractivity contribution in [3.8, 4) is 0 Å². The number of benzene rings is 1. The van der Waals surface area contributed by atoms with Gasteiger partial charge in [-0.2, -0.15) is 0 Å². The summed E-state index contributed by atoms with van der Waals surface area (Å²) in [6, 6.07) is 8.88. The van der Waals surface area contributed by atoms with Gasteiger partial charge in [0.15, 0.2) is 0 Å². The number of hydrogen-bond donors (Lipinski definition) is 2. The Bertz CT molecular complexity index is 435. The molecule has 0 saturated heterocycles. The summed E-state index contributed by atoms with van der Waals surface area (Å²) in [5.74, 6) is 0.0722. The molecule has 3 heteroatoms. The highest BCUT2D eigenvalue weighted by molar-refractivity contribution is 5.75. The number of nitrogens with one attached hydrogen (secondary N) is 1. The van der Waals surface area contributed by atoms with Crippen molar-refractivity contribution in [2.24, 2.45) is 11.3 Å². The maximum Gasteiger partial charge on any atom is 0.325 e. The van der Waals surface area contributed by atoms with Gasteiger partial charge in [-0.25, -0.2) is 0 Å². The van der Waals surface area contributed by atoms with Gasteiger partial charge >= 0.3 is 5.97 Å². The van der Waals surface area contributed by atoms with E-state index in [9.17, 15) is 9.90 Å². The third-order valence-electron chi connectivity index (χ3n) is 4.37. The average molecular weight is 245 g/mol. The van der Waals surface area contributed by atoms with Crippen molar-refractivity contribution >= 4 is 5.97 Å². The fraction of sp³-hybridized carbons (Fsp3) is 0.533. The Balaban J connectivity index is 1.66. The molecule has 1 aromatic rings. The van der Waals surface area contributed by atoms with E-state index in [-0.39, 0.29) is 0 Å². The Kier molecular flexibility index (Phi) is 2.86. The molecule has 0 heterocycles. The van der Waals surface area contributed by atoms with Gasteiger partial charge in [0, 0.05) is 6.54 Å². The highest BCUT2D eigenvalue weighted by atomic mass is 16.4. The van der Waals surface area contributed by atoms with Crippen LogP contribution in [0, 0.1) is 11.3 Å². The van der Waals surface area contributed by atoms with Crippen molar-refractivity contribution in [3.05, 3.63) is 35.9 Å². The summed E-state index contributed by atoms with van der Waals surface area (Å²) in [5.41, 5.74) is 1.28. The number of carboxylic acids is 1. The van der Waals surface area contributed by atoms with Gasteiger partial charge in [0.25, 0.3) is 0 Å². The van der Waals surface area contributed by atoms with E-state index in [0.717, 1.165) is 18.0 Å². The molecule has 0 aromatic heterocycles. The summed E-state index contributed by atoms with van der Waals surface area (Å²) < 4.78 is 0. The minimum atomic E-state index is -0.784. The first-order valence-electron chi connectivity index (χ1n) is 6.72. The summed E-state index contributed by atoms with van der Waals surface area (Å²) in [4.78, 5) is 11.4. The van der Waals surface area contributed by atoms with Crippen LogP contribution in [0.3, 0.4) is 0 Å². The Morgan fingerprint density at radius 3 is 2.50 bits per heavy atom. The van der Waals surface area contributed by atoms with Gasteiger partial charge in [-0.05, 0) is 42.6 Å². The van der Waals surface area contributed by atoms with Crippen molar-refractivity contribution < 1.29 is 9.90 Å². The summed E-state index contributed by atoms with van der Waals surface area (Å²) in [7, 11) is 0. The number of rotatable bonds is 6. The van der Waals surface area contributed by atoms with Gasteiger partial charge in [-0.1, -0.05) is 30.3 Å². The van der Waals surface area contributed by atoms with E-state index < -0.39 is 12.0 Å². The van der Waals surface area contributed by atoms with Crippen molar-refractivity contribution in [2.45, 2.75) is 31.7 Å². The first kappa shape index (κ1) is 11.7. The molecule has 3 nitrogen and oxygen atoms in total. The molecule has 0 radical (unpaired) electrons. The lowest BCUT2D eigenvalue weighted by Gasteiger charge is -2.20. The van der Waals surface area contributed by atoms with Crippen LogP contribution in [0.25, 0.3) is 0 Å². The van der Waals surface area contributed by atoms with Crippen molar-refractivity contribution in [1.29, 1.82) is 0 Å². The van der Waals surface area contributed by atoms with Gasteiger partial charge in [-0.15, -0.1) is 0 Å². The molecule has 2 fully saturated rings. The zero-order valence-corrected chi connectivity index (χ0v) is 10.4. The zero-order valence-electron chi connectivity index (χ0n) is 10.4. The molecule has 2 aliphatic carbocycles. The van der Waals surface area contributed by atoms with Crippen molar-refractivity contribution in [3.63, 3.8) is 0 Å². The van der Waals surface area contributed by atoms with E-state index >= 15 is 0 Å². The molecule has 2 saturated carbocycles. The standard InChI is InChI=1S/C15H19NO2/c17-14(18)13(11-4-2-1-3-5-11)16-10-15(8-9-15)12-6-7-12/h1-5,12-13,16H,6-10H2,(H,17,18). The summed E-state index contributed by atoms with van der Waals surface area (Å²) in [6.07, 6.45) is 5.22. The highest BCUT2D eigenvalue weighted by Crippen LogP contribution is 2.60. The van der Waals surface area contributed by atoms with Crippen LogP contribution in [0.4, 0.5) is 0 Å². The molecule has 96 valence electrons. The van der Waals surface area contributed by atoms with Crippen molar-refractivity contribution in [1.82, 2.24) is 5.32 Å². The van der Waals surface area contributed by atoms with Gasteiger partial charge in [-0.3, -0.25) is 4.79 Å². The molecule has 3 rings (SSSR count). The second kappa shape index (κ2) is 4.39. The Hall–Kier alpha value is -1.35. The van der Waals surface area contributed by atoms with Crippen LogP contribution in [0.1, 0.15) is 37.3 Å². The lowest BCUT2D eigenvalue weighted by atomic mass is 9.99. The third-order valence-corrected chi connectivity index (χ3v) is 4.37. The maximum absolute atomic E-state index is 11.4. The van der Waals surface area contributed by atoms with E-state index in [4.69, 9.17) is 0 Å². The normalized spacial score (nSPS) is 22.4. The topological polar surface area (TPSA) is 49.3 Å². The quantitative estimate of drug-likeness (QED) is 0.810. The van der Waals surface area contributed by atoms with Crippen LogP contribution in [0.2, 0.25) is 0 Å². The fourth-order valence-electron chi connectivity index (χ4n) is 2.88. The van der Waals surface area contributed by atoms with E-state index in [2.05, 4.69) is 5.32 Å². The van der Waals surface area contributed by atoms with Gasteiger partial charge in [0.1, 0.15) is 6.04 Å². The summed E-state index contributed by atoms with van der Waals surface area (Å²) >= 11 is 0. The van der Waals surface area contributed by atoms with E-state index in [1.807, 2.05) is 30.3 Å². The molecule has 2 aliphatic rings. The number of carbonyl (C=O) groups is 1. The molecule has 1 aromatic carbocycles. The van der Waals surface area contributed by atoms with E-state index in [1.165, 1.54) is 25.7 Å². The van der Waals surface area contributed by atoms with Crippen LogP contribution < -0.4 is 5.32 Å². The molecule has 1 atom stereocenters. The first-order chi connectivity index (χ1) is 8.71. The molecule has 0 aliphatic heterocycles. The molecule has 0 amide bonds. The van der Waals surface area contributed by atoms with Crippen LogP contribution in [-0.2, 0) is 4.79 Å². The van der Waals surface area contributed by atoms with Crippen molar-refractivity contribution in [2.75, 3.05) is 6.54 Å². The van der Waals surface area contributed by atoms with Crippen LogP contribution in [0.5, 0.6) is 0 Å². The second-order valence-electron chi connectivity index (χ2n) is 5.70. The largest absolute Gasteiger partial charge is 0.480 e. The van der Waals surface area contributed by atoms with Crippen LogP contribution in [-0.4, -0.2) is 17.6 Å². The minimum Gasteiger partial charge on any atom is -0.480 e. The molecule has 2 N–H and O–H groups in total. The highest BCUT2D eigenvalue weighted by Gasteiger charge is 2.53. The Morgan fingerprint density at radius 1 is 1.33 bits per heavy atom. The minimum absolute atomic E-state index is 0.433. The monoisotopic (exact) mass is 245 g/mol. The molecule has 0 bridgehead atoms. The predicted octanol–water partition coefficient (Wildman–Crippen LogP) is 2.59. The zero-order chi connectivity index (χ0) is 12.6. The number of carboxylic acid groups (broad SMARTS) is 1. The molecule has 1 unspecified atom stereocenters. The first-order valence-corrected chi connectivity index (χ1v) is 6.72. The second-order valence-corrected chi connectivity index (χ2v) is 5.70. The van der Waals surface area contributed by atoms with E-state index in [0.29, 0.717) is 5.41 Å². The lowest BCUT2D eigenvalue weighted by molar-refractivity contribution is -0.139. The van der Waals surface area contributed by atoms with Gasteiger partial charge in [0.05, 0.1) is 0 Å². The Labute approximate surface area is 107 Å². The van der Waals surface area contributed by atoms with Gasteiger partial charge in [0.2, 0.25) is 0 Å². The molecule has 0 spiro atoms. The number of aliphatic carboxylic acids is 1. The molecule has 18 heavy (non-hydrogen) atoms. The summed E-state index contributed by atoms with van der Waals surface area (Å²) in [6.45, 7) is 0.851.